The van der Waals surface area contributed by atoms with E-state index >= 15 is 0 Å². The minimum absolute atomic E-state index is 0.306. The number of benzene rings is 3. The van der Waals surface area contributed by atoms with Gasteiger partial charge >= 0.3 is 5.97 Å². The van der Waals surface area contributed by atoms with Gasteiger partial charge in [0.25, 0.3) is 0 Å². The van der Waals surface area contributed by atoms with Crippen LogP contribution < -0.4 is 10.1 Å². The van der Waals surface area contributed by atoms with Gasteiger partial charge in [0.1, 0.15) is 11.4 Å². The van der Waals surface area contributed by atoms with E-state index < -0.39 is 5.97 Å². The molecule has 170 valence electrons. The third-order valence-corrected chi connectivity index (χ3v) is 6.23. The quantitative estimate of drug-likeness (QED) is 0.313. The maximum atomic E-state index is 12.4. The molecular formula is C27H27ClN2O3. The van der Waals surface area contributed by atoms with E-state index in [1.165, 1.54) is 5.56 Å². The molecule has 1 heterocycles. The molecule has 0 aliphatic carbocycles. The highest BCUT2D eigenvalue weighted by Gasteiger charge is 2.23. The summed E-state index contributed by atoms with van der Waals surface area (Å²) in [5, 5.41) is 15.3. The lowest BCUT2D eigenvalue weighted by molar-refractivity contribution is 0.0684. The molecule has 0 aliphatic heterocycles. The molecule has 4 aromatic rings. The van der Waals surface area contributed by atoms with Gasteiger partial charge in [-0.1, -0.05) is 48.0 Å². The van der Waals surface area contributed by atoms with E-state index in [1.54, 1.807) is 7.11 Å². The lowest BCUT2D eigenvalue weighted by Gasteiger charge is -2.12. The molecule has 2 N–H and O–H groups in total. The Morgan fingerprint density at radius 1 is 1.09 bits per heavy atom. The van der Waals surface area contributed by atoms with E-state index in [0.29, 0.717) is 24.5 Å². The molecule has 1 aromatic heterocycles. The zero-order chi connectivity index (χ0) is 23.4. The molecule has 4 rings (SSSR count). The lowest BCUT2D eigenvalue weighted by atomic mass is 10.1. The summed E-state index contributed by atoms with van der Waals surface area (Å²) in [6.07, 6.45) is 0.829. The second-order valence-electron chi connectivity index (χ2n) is 8.08. The molecule has 0 atom stereocenters. The van der Waals surface area contributed by atoms with E-state index in [9.17, 15) is 9.90 Å². The summed E-state index contributed by atoms with van der Waals surface area (Å²) < 4.78 is 7.32. The average Bonchev–Trinajstić information content (AvgIpc) is 3.12. The standard InChI is InChI=1S/C27H27ClN2O3/c1-18-5-3-4-6-20(18)17-30-25-15-22(33-2)11-12-23(25)24(26(30)27(31)32)16-29-14-13-19-7-9-21(28)10-8-19/h3-12,15,29H,13-14,16-17H2,1-2H3,(H,31,32). The molecule has 0 saturated carbocycles. The highest BCUT2D eigenvalue weighted by molar-refractivity contribution is 6.30. The van der Waals surface area contributed by atoms with Gasteiger partial charge in [-0.3, -0.25) is 0 Å². The zero-order valence-corrected chi connectivity index (χ0v) is 19.5. The van der Waals surface area contributed by atoms with Crippen LogP contribution >= 0.6 is 11.6 Å². The summed E-state index contributed by atoms with van der Waals surface area (Å²) in [7, 11) is 1.62. The van der Waals surface area contributed by atoms with Crippen LogP contribution in [0.15, 0.2) is 66.7 Å². The van der Waals surface area contributed by atoms with Gasteiger partial charge in [0.15, 0.2) is 0 Å². The minimum atomic E-state index is -0.937. The fourth-order valence-electron chi connectivity index (χ4n) is 4.17. The topological polar surface area (TPSA) is 63.5 Å². The third-order valence-electron chi connectivity index (χ3n) is 5.97. The number of aromatic carboxylic acids is 1. The zero-order valence-electron chi connectivity index (χ0n) is 18.8. The molecule has 0 amide bonds. The highest BCUT2D eigenvalue weighted by Crippen LogP contribution is 2.31. The number of hydrogen-bond acceptors (Lipinski definition) is 3. The predicted octanol–water partition coefficient (Wildman–Crippen LogP) is 5.69. The number of carbonyl (C=O) groups is 1. The number of halogens is 1. The van der Waals surface area contributed by atoms with Gasteiger partial charge in [-0.2, -0.15) is 0 Å². The fourth-order valence-corrected chi connectivity index (χ4v) is 4.30. The Hall–Kier alpha value is -3.28. The molecule has 33 heavy (non-hydrogen) atoms. The van der Waals surface area contributed by atoms with E-state index in [2.05, 4.69) is 5.32 Å². The second-order valence-corrected chi connectivity index (χ2v) is 8.52. The number of carboxylic acid groups (broad SMARTS) is 1. The van der Waals surface area contributed by atoms with Crippen LogP contribution in [-0.4, -0.2) is 29.3 Å². The number of rotatable bonds is 9. The van der Waals surface area contributed by atoms with Crippen LogP contribution in [0.1, 0.15) is 32.7 Å². The second kappa shape index (κ2) is 10.1. The number of methoxy groups -OCH3 is 1. The molecule has 0 bridgehead atoms. The Kier molecular flexibility index (Phi) is 7.02. The van der Waals surface area contributed by atoms with Crippen LogP contribution in [0.5, 0.6) is 5.75 Å². The number of nitrogens with zero attached hydrogens (tertiary/aromatic N) is 1. The van der Waals surface area contributed by atoms with Gasteiger partial charge in [-0.15, -0.1) is 0 Å². The van der Waals surface area contributed by atoms with Crippen molar-refractivity contribution in [1.29, 1.82) is 0 Å². The maximum absolute atomic E-state index is 12.4. The molecule has 0 saturated heterocycles. The van der Waals surface area contributed by atoms with Gasteiger partial charge in [0, 0.05) is 35.1 Å². The Bertz CT molecular complexity index is 1280. The van der Waals surface area contributed by atoms with Crippen molar-refractivity contribution in [3.63, 3.8) is 0 Å². The first kappa shape index (κ1) is 22.9. The maximum Gasteiger partial charge on any atom is 0.352 e. The minimum Gasteiger partial charge on any atom is -0.497 e. The van der Waals surface area contributed by atoms with E-state index in [4.69, 9.17) is 16.3 Å². The van der Waals surface area contributed by atoms with Crippen molar-refractivity contribution in [3.8, 4) is 5.75 Å². The molecule has 5 nitrogen and oxygen atoms in total. The molecule has 0 spiro atoms. The largest absolute Gasteiger partial charge is 0.497 e. The van der Waals surface area contributed by atoms with Crippen molar-refractivity contribution in [3.05, 3.63) is 99.7 Å². The van der Waals surface area contributed by atoms with Gasteiger partial charge in [0.05, 0.1) is 12.6 Å². The van der Waals surface area contributed by atoms with Gasteiger partial charge in [0.2, 0.25) is 0 Å². The van der Waals surface area contributed by atoms with Crippen molar-refractivity contribution < 1.29 is 14.6 Å². The Morgan fingerprint density at radius 3 is 2.55 bits per heavy atom. The fraction of sp³-hybridized carbons (Fsp3) is 0.222. The lowest BCUT2D eigenvalue weighted by Crippen LogP contribution is -2.19. The summed E-state index contributed by atoms with van der Waals surface area (Å²) in [5.74, 6) is -0.238. The molecule has 6 heteroatoms. The van der Waals surface area contributed by atoms with Crippen molar-refractivity contribution in [2.75, 3.05) is 13.7 Å². The van der Waals surface area contributed by atoms with Crippen LogP contribution in [-0.2, 0) is 19.5 Å². The van der Waals surface area contributed by atoms with Crippen LogP contribution in [0.25, 0.3) is 10.9 Å². The highest BCUT2D eigenvalue weighted by atomic mass is 35.5. The van der Waals surface area contributed by atoms with Crippen molar-refractivity contribution in [2.24, 2.45) is 0 Å². The SMILES string of the molecule is COc1ccc2c(CNCCc3ccc(Cl)cc3)c(C(=O)O)n(Cc3ccccc3C)c2c1. The molecule has 0 fully saturated rings. The van der Waals surface area contributed by atoms with Crippen molar-refractivity contribution in [2.45, 2.75) is 26.4 Å². The first-order valence-corrected chi connectivity index (χ1v) is 11.3. The summed E-state index contributed by atoms with van der Waals surface area (Å²) in [6.45, 7) is 3.70. The number of nitrogens with one attached hydrogen (secondary N) is 1. The Balaban J connectivity index is 1.67. The smallest absolute Gasteiger partial charge is 0.352 e. The Morgan fingerprint density at radius 2 is 1.85 bits per heavy atom. The number of carboxylic acids is 1. The van der Waals surface area contributed by atoms with Crippen LogP contribution in [0.4, 0.5) is 0 Å². The molecule has 0 unspecified atom stereocenters. The summed E-state index contributed by atoms with van der Waals surface area (Å²) in [4.78, 5) is 12.4. The normalized spacial score (nSPS) is 11.1. The number of fused-ring (bicyclic) bond motifs is 1. The number of hydrogen-bond donors (Lipinski definition) is 2. The molecule has 0 radical (unpaired) electrons. The van der Waals surface area contributed by atoms with Crippen LogP contribution in [0.2, 0.25) is 5.02 Å². The van der Waals surface area contributed by atoms with Gasteiger partial charge in [-0.25, -0.2) is 4.79 Å². The van der Waals surface area contributed by atoms with E-state index in [1.807, 2.05) is 78.2 Å². The van der Waals surface area contributed by atoms with Crippen LogP contribution in [0, 0.1) is 6.92 Å². The van der Waals surface area contributed by atoms with Gasteiger partial charge < -0.3 is 19.7 Å². The van der Waals surface area contributed by atoms with Crippen molar-refractivity contribution >= 4 is 28.5 Å². The molecule has 0 aliphatic rings. The Labute approximate surface area is 198 Å². The number of ether oxygens (including phenoxy) is 1. The molecular weight excluding hydrogens is 436 g/mol. The molecule has 3 aromatic carbocycles. The number of aromatic nitrogens is 1. The summed E-state index contributed by atoms with van der Waals surface area (Å²) >= 11 is 5.96. The summed E-state index contributed by atoms with van der Waals surface area (Å²) in [6, 6.07) is 21.6. The third kappa shape index (κ3) is 5.05. The van der Waals surface area contributed by atoms with Gasteiger partial charge in [-0.05, 0) is 60.8 Å². The van der Waals surface area contributed by atoms with Crippen molar-refractivity contribution in [1.82, 2.24) is 9.88 Å². The first-order valence-electron chi connectivity index (χ1n) is 10.9. The van der Waals surface area contributed by atoms with E-state index in [-0.39, 0.29) is 0 Å². The summed E-state index contributed by atoms with van der Waals surface area (Å²) in [5.41, 5.74) is 5.33. The predicted molar refractivity (Wildman–Crippen MR) is 133 cm³/mol. The number of aryl methyl sites for hydroxylation is 1. The average molecular weight is 463 g/mol. The first-order chi connectivity index (χ1) is 16.0. The van der Waals surface area contributed by atoms with E-state index in [0.717, 1.165) is 45.6 Å². The monoisotopic (exact) mass is 462 g/mol. The van der Waals surface area contributed by atoms with Crippen LogP contribution in [0.3, 0.4) is 0 Å².